The molecule has 0 radical (unpaired) electrons. The number of nitrogens with zero attached hydrogens (tertiary/aromatic N) is 1. The van der Waals surface area contributed by atoms with Crippen molar-refractivity contribution in [1.29, 1.82) is 0 Å². The molecule has 0 aromatic carbocycles. The second-order valence-corrected chi connectivity index (χ2v) is 6.29. The van der Waals surface area contributed by atoms with Crippen LogP contribution >= 0.6 is 0 Å². The predicted molar refractivity (Wildman–Crippen MR) is 71.8 cm³/mol. The van der Waals surface area contributed by atoms with E-state index in [2.05, 4.69) is 38.0 Å². The molecular formula is C14H30N2. The van der Waals surface area contributed by atoms with Gasteiger partial charge in [-0.1, -0.05) is 33.6 Å². The average Bonchev–Trinajstić information content (AvgIpc) is 2.66. The predicted octanol–water partition coefficient (Wildman–Crippen LogP) is 2.74. The van der Waals surface area contributed by atoms with Crippen molar-refractivity contribution in [2.24, 2.45) is 11.3 Å². The van der Waals surface area contributed by atoms with Crippen molar-refractivity contribution in [1.82, 2.24) is 10.2 Å². The van der Waals surface area contributed by atoms with Gasteiger partial charge in [0.15, 0.2) is 0 Å². The van der Waals surface area contributed by atoms with E-state index in [1.165, 1.54) is 38.8 Å². The van der Waals surface area contributed by atoms with Gasteiger partial charge < -0.3 is 10.2 Å². The summed E-state index contributed by atoms with van der Waals surface area (Å²) in [4.78, 5) is 2.54. The summed E-state index contributed by atoms with van der Waals surface area (Å²) in [5.74, 6) is 0.972. The summed E-state index contributed by atoms with van der Waals surface area (Å²) in [5.41, 5.74) is 0.392. The minimum Gasteiger partial charge on any atom is -0.316 e. The van der Waals surface area contributed by atoms with Gasteiger partial charge in [-0.05, 0) is 37.8 Å². The standard InChI is InChI=1S/C14H30N2/c1-5-15-11-14(2,3)12-16(4)10-13-8-6-7-9-13/h13,15H,5-12H2,1-4H3. The molecule has 0 saturated heterocycles. The van der Waals surface area contributed by atoms with Gasteiger partial charge in [0, 0.05) is 19.6 Å². The zero-order chi connectivity index (χ0) is 12.0. The normalized spacial score (nSPS) is 18.6. The Balaban J connectivity index is 2.22. The van der Waals surface area contributed by atoms with Crippen molar-refractivity contribution in [2.75, 3.05) is 33.2 Å². The van der Waals surface area contributed by atoms with Crippen LogP contribution in [0, 0.1) is 11.3 Å². The van der Waals surface area contributed by atoms with Crippen LogP contribution in [0.15, 0.2) is 0 Å². The summed E-state index contributed by atoms with van der Waals surface area (Å²) in [6.07, 6.45) is 5.83. The molecule has 1 saturated carbocycles. The Kier molecular flexibility index (Phi) is 5.77. The van der Waals surface area contributed by atoms with E-state index in [0.717, 1.165) is 19.0 Å². The number of hydrogen-bond donors (Lipinski definition) is 1. The third-order valence-electron chi connectivity index (χ3n) is 3.60. The molecular weight excluding hydrogens is 196 g/mol. The fraction of sp³-hybridized carbons (Fsp3) is 1.00. The van der Waals surface area contributed by atoms with E-state index < -0.39 is 0 Å². The topological polar surface area (TPSA) is 15.3 Å². The van der Waals surface area contributed by atoms with Gasteiger partial charge in [-0.25, -0.2) is 0 Å². The van der Waals surface area contributed by atoms with Crippen LogP contribution in [0.1, 0.15) is 46.5 Å². The first-order valence-electron chi connectivity index (χ1n) is 6.93. The van der Waals surface area contributed by atoms with Gasteiger partial charge in [0.25, 0.3) is 0 Å². The summed E-state index contributed by atoms with van der Waals surface area (Å²) in [6, 6.07) is 0. The first kappa shape index (κ1) is 14.0. The first-order valence-corrected chi connectivity index (χ1v) is 6.93. The Morgan fingerprint density at radius 3 is 2.44 bits per heavy atom. The van der Waals surface area contributed by atoms with Gasteiger partial charge >= 0.3 is 0 Å². The van der Waals surface area contributed by atoms with Gasteiger partial charge in [0.1, 0.15) is 0 Å². The lowest BCUT2D eigenvalue weighted by atomic mass is 9.92. The van der Waals surface area contributed by atoms with E-state index in [-0.39, 0.29) is 0 Å². The number of rotatable bonds is 7. The molecule has 0 aliphatic heterocycles. The van der Waals surface area contributed by atoms with Crippen molar-refractivity contribution < 1.29 is 0 Å². The Bertz CT molecular complexity index is 183. The molecule has 2 heteroatoms. The molecule has 0 amide bonds. The lowest BCUT2D eigenvalue weighted by Gasteiger charge is -2.31. The molecule has 1 rings (SSSR count). The summed E-state index contributed by atoms with van der Waals surface area (Å²) >= 11 is 0. The van der Waals surface area contributed by atoms with Crippen LogP contribution in [0.5, 0.6) is 0 Å². The SMILES string of the molecule is CCNCC(C)(C)CN(C)CC1CCCC1. The Hall–Kier alpha value is -0.0800. The highest BCUT2D eigenvalue weighted by atomic mass is 15.1. The first-order chi connectivity index (χ1) is 7.53. The van der Waals surface area contributed by atoms with Crippen LogP contribution in [0.4, 0.5) is 0 Å². The third-order valence-corrected chi connectivity index (χ3v) is 3.60. The van der Waals surface area contributed by atoms with E-state index in [0.29, 0.717) is 5.41 Å². The maximum absolute atomic E-state index is 3.46. The lowest BCUT2D eigenvalue weighted by Crippen LogP contribution is -2.40. The summed E-state index contributed by atoms with van der Waals surface area (Å²) < 4.78 is 0. The van der Waals surface area contributed by atoms with Crippen molar-refractivity contribution >= 4 is 0 Å². The van der Waals surface area contributed by atoms with Crippen molar-refractivity contribution in [3.8, 4) is 0 Å². The number of nitrogens with one attached hydrogen (secondary N) is 1. The minimum absolute atomic E-state index is 0.392. The highest BCUT2D eigenvalue weighted by molar-refractivity contribution is 4.77. The molecule has 0 atom stereocenters. The fourth-order valence-electron chi connectivity index (χ4n) is 2.95. The van der Waals surface area contributed by atoms with Crippen molar-refractivity contribution in [3.63, 3.8) is 0 Å². The van der Waals surface area contributed by atoms with Crippen LogP contribution < -0.4 is 5.32 Å². The largest absolute Gasteiger partial charge is 0.316 e. The molecule has 16 heavy (non-hydrogen) atoms. The number of hydrogen-bond acceptors (Lipinski definition) is 2. The van der Waals surface area contributed by atoms with E-state index >= 15 is 0 Å². The monoisotopic (exact) mass is 226 g/mol. The van der Waals surface area contributed by atoms with Gasteiger partial charge in [0.2, 0.25) is 0 Å². The highest BCUT2D eigenvalue weighted by Crippen LogP contribution is 2.26. The molecule has 0 unspecified atom stereocenters. The maximum atomic E-state index is 3.46. The lowest BCUT2D eigenvalue weighted by molar-refractivity contribution is 0.183. The van der Waals surface area contributed by atoms with Crippen LogP contribution in [-0.4, -0.2) is 38.1 Å². The van der Waals surface area contributed by atoms with Gasteiger partial charge in [-0.2, -0.15) is 0 Å². The summed E-state index contributed by atoms with van der Waals surface area (Å²) in [6.45, 7) is 11.6. The second kappa shape index (κ2) is 6.61. The Morgan fingerprint density at radius 1 is 1.25 bits per heavy atom. The van der Waals surface area contributed by atoms with E-state index in [1.807, 2.05) is 0 Å². The van der Waals surface area contributed by atoms with Crippen molar-refractivity contribution in [2.45, 2.75) is 46.5 Å². The average molecular weight is 226 g/mol. The van der Waals surface area contributed by atoms with Crippen LogP contribution in [0.25, 0.3) is 0 Å². The molecule has 0 bridgehead atoms. The zero-order valence-electron chi connectivity index (χ0n) is 11.7. The third kappa shape index (κ3) is 5.31. The Morgan fingerprint density at radius 2 is 1.88 bits per heavy atom. The van der Waals surface area contributed by atoms with E-state index in [4.69, 9.17) is 0 Å². The van der Waals surface area contributed by atoms with Gasteiger partial charge in [-0.3, -0.25) is 0 Å². The van der Waals surface area contributed by atoms with Crippen LogP contribution in [0.3, 0.4) is 0 Å². The molecule has 0 spiro atoms. The molecule has 96 valence electrons. The van der Waals surface area contributed by atoms with E-state index in [1.54, 1.807) is 0 Å². The molecule has 2 nitrogen and oxygen atoms in total. The second-order valence-electron chi connectivity index (χ2n) is 6.29. The molecule has 1 fully saturated rings. The molecule has 0 aromatic heterocycles. The quantitative estimate of drug-likeness (QED) is 0.718. The molecule has 1 aliphatic carbocycles. The fourth-order valence-corrected chi connectivity index (χ4v) is 2.95. The molecule has 1 aliphatic rings. The smallest absolute Gasteiger partial charge is 0.00419 e. The molecule has 1 N–H and O–H groups in total. The zero-order valence-corrected chi connectivity index (χ0v) is 11.7. The summed E-state index contributed by atoms with van der Waals surface area (Å²) in [7, 11) is 2.28. The maximum Gasteiger partial charge on any atom is 0.00419 e. The van der Waals surface area contributed by atoms with Gasteiger partial charge in [-0.15, -0.1) is 0 Å². The Labute approximate surface area is 102 Å². The van der Waals surface area contributed by atoms with E-state index in [9.17, 15) is 0 Å². The van der Waals surface area contributed by atoms with Crippen LogP contribution in [-0.2, 0) is 0 Å². The highest BCUT2D eigenvalue weighted by Gasteiger charge is 2.22. The molecule has 0 aromatic rings. The van der Waals surface area contributed by atoms with Crippen molar-refractivity contribution in [3.05, 3.63) is 0 Å². The van der Waals surface area contributed by atoms with Crippen LogP contribution in [0.2, 0.25) is 0 Å². The minimum atomic E-state index is 0.392. The molecule has 0 heterocycles. The van der Waals surface area contributed by atoms with Gasteiger partial charge in [0.05, 0.1) is 0 Å². The summed E-state index contributed by atoms with van der Waals surface area (Å²) in [5, 5.41) is 3.46.